The molecule has 0 fully saturated rings. The molecule has 1 aromatic heterocycles. The molecule has 1 atom stereocenters. The van der Waals surface area contributed by atoms with Crippen molar-refractivity contribution in [2.75, 3.05) is 13.7 Å². The van der Waals surface area contributed by atoms with Gasteiger partial charge in [-0.1, -0.05) is 13.8 Å². The fourth-order valence-electron chi connectivity index (χ4n) is 1.53. The fourth-order valence-corrected chi connectivity index (χ4v) is 1.53. The van der Waals surface area contributed by atoms with Crippen LogP contribution in [0.15, 0.2) is 12.4 Å². The van der Waals surface area contributed by atoms with Gasteiger partial charge in [0, 0.05) is 26.5 Å². The molecular formula is C12H22N2O. The van der Waals surface area contributed by atoms with Crippen LogP contribution in [0.2, 0.25) is 0 Å². The number of ether oxygens (including phenoxy) is 1. The van der Waals surface area contributed by atoms with E-state index in [-0.39, 0.29) is 0 Å². The molecule has 0 N–H and O–H groups in total. The van der Waals surface area contributed by atoms with E-state index in [0.29, 0.717) is 5.92 Å². The average Bonchev–Trinajstić information content (AvgIpc) is 2.71. The Labute approximate surface area is 92.4 Å². The molecule has 0 radical (unpaired) electrons. The van der Waals surface area contributed by atoms with Gasteiger partial charge in [-0.25, -0.2) is 0 Å². The largest absolute Gasteiger partial charge is 0.385 e. The summed E-state index contributed by atoms with van der Waals surface area (Å²) < 4.78 is 7.11. The summed E-state index contributed by atoms with van der Waals surface area (Å²) in [6.45, 7) is 6.30. The highest BCUT2D eigenvalue weighted by Gasteiger charge is 2.03. The zero-order valence-electron chi connectivity index (χ0n) is 10.1. The molecule has 0 saturated heterocycles. The molecule has 0 aliphatic rings. The lowest BCUT2D eigenvalue weighted by Crippen LogP contribution is -2.06. The van der Waals surface area contributed by atoms with Gasteiger partial charge in [0.2, 0.25) is 0 Å². The number of methoxy groups -OCH3 is 1. The third-order valence-electron chi connectivity index (χ3n) is 2.76. The molecule has 0 spiro atoms. The van der Waals surface area contributed by atoms with Gasteiger partial charge < -0.3 is 4.74 Å². The second-order valence-corrected chi connectivity index (χ2v) is 4.14. The lowest BCUT2D eigenvalue weighted by Gasteiger charge is -2.10. The minimum atomic E-state index is 0.708. The molecule has 15 heavy (non-hydrogen) atoms. The monoisotopic (exact) mass is 210 g/mol. The van der Waals surface area contributed by atoms with Crippen molar-refractivity contribution >= 4 is 0 Å². The van der Waals surface area contributed by atoms with Crippen LogP contribution in [0.4, 0.5) is 0 Å². The Kier molecular flexibility index (Phi) is 5.40. The molecular weight excluding hydrogens is 188 g/mol. The second-order valence-electron chi connectivity index (χ2n) is 4.14. The number of rotatable bonds is 7. The second kappa shape index (κ2) is 6.62. The van der Waals surface area contributed by atoms with E-state index >= 15 is 0 Å². The standard InChI is InChI=1S/C12H22N2O/c1-4-12-9-13-14(10-12)7-5-11(2)6-8-15-3/h9-11H,4-8H2,1-3H3. The van der Waals surface area contributed by atoms with Crippen LogP contribution < -0.4 is 0 Å². The summed E-state index contributed by atoms with van der Waals surface area (Å²) in [5.74, 6) is 0.708. The van der Waals surface area contributed by atoms with E-state index < -0.39 is 0 Å². The Hall–Kier alpha value is -0.830. The number of hydrogen-bond acceptors (Lipinski definition) is 2. The van der Waals surface area contributed by atoms with Crippen LogP contribution in [0.3, 0.4) is 0 Å². The Morgan fingerprint density at radius 1 is 1.47 bits per heavy atom. The van der Waals surface area contributed by atoms with Crippen molar-refractivity contribution in [1.29, 1.82) is 0 Å². The van der Waals surface area contributed by atoms with Gasteiger partial charge in [0.15, 0.2) is 0 Å². The Morgan fingerprint density at radius 3 is 2.87 bits per heavy atom. The van der Waals surface area contributed by atoms with E-state index in [4.69, 9.17) is 4.74 Å². The van der Waals surface area contributed by atoms with Gasteiger partial charge in [0.25, 0.3) is 0 Å². The van der Waals surface area contributed by atoms with E-state index in [1.54, 1.807) is 7.11 Å². The third kappa shape index (κ3) is 4.47. The van der Waals surface area contributed by atoms with Crippen molar-refractivity contribution in [2.45, 2.75) is 39.7 Å². The molecule has 0 amide bonds. The van der Waals surface area contributed by atoms with Crippen molar-refractivity contribution < 1.29 is 4.74 Å². The smallest absolute Gasteiger partial charge is 0.0521 e. The van der Waals surface area contributed by atoms with Gasteiger partial charge in [-0.3, -0.25) is 4.68 Å². The van der Waals surface area contributed by atoms with Crippen LogP contribution >= 0.6 is 0 Å². The number of hydrogen-bond donors (Lipinski definition) is 0. The zero-order chi connectivity index (χ0) is 11.1. The van der Waals surface area contributed by atoms with Crippen molar-refractivity contribution in [1.82, 2.24) is 9.78 Å². The first-order chi connectivity index (χ1) is 7.26. The predicted molar refractivity (Wildman–Crippen MR) is 61.9 cm³/mol. The maximum atomic E-state index is 5.06. The molecule has 1 unspecified atom stereocenters. The number of aromatic nitrogens is 2. The van der Waals surface area contributed by atoms with Gasteiger partial charge in [0.1, 0.15) is 0 Å². The molecule has 3 nitrogen and oxygen atoms in total. The summed E-state index contributed by atoms with van der Waals surface area (Å²) in [4.78, 5) is 0. The van der Waals surface area contributed by atoms with E-state index in [0.717, 1.165) is 26.0 Å². The lowest BCUT2D eigenvalue weighted by molar-refractivity contribution is 0.177. The third-order valence-corrected chi connectivity index (χ3v) is 2.76. The molecule has 0 saturated carbocycles. The van der Waals surface area contributed by atoms with Crippen molar-refractivity contribution in [3.05, 3.63) is 18.0 Å². The van der Waals surface area contributed by atoms with Crippen LogP contribution in [0.5, 0.6) is 0 Å². The quantitative estimate of drug-likeness (QED) is 0.691. The van der Waals surface area contributed by atoms with Crippen LogP contribution in [0.1, 0.15) is 32.3 Å². The molecule has 86 valence electrons. The van der Waals surface area contributed by atoms with Gasteiger partial charge in [-0.05, 0) is 30.7 Å². The predicted octanol–water partition coefficient (Wildman–Crippen LogP) is 2.51. The first-order valence-corrected chi connectivity index (χ1v) is 5.76. The first-order valence-electron chi connectivity index (χ1n) is 5.76. The lowest BCUT2D eigenvalue weighted by atomic mass is 10.1. The van der Waals surface area contributed by atoms with Crippen LogP contribution in [-0.4, -0.2) is 23.5 Å². The van der Waals surface area contributed by atoms with Crippen molar-refractivity contribution in [3.8, 4) is 0 Å². The minimum Gasteiger partial charge on any atom is -0.385 e. The van der Waals surface area contributed by atoms with Crippen LogP contribution in [0.25, 0.3) is 0 Å². The maximum Gasteiger partial charge on any atom is 0.0521 e. The van der Waals surface area contributed by atoms with Gasteiger partial charge in [0.05, 0.1) is 6.20 Å². The molecule has 3 heteroatoms. The highest BCUT2D eigenvalue weighted by Crippen LogP contribution is 2.09. The summed E-state index contributed by atoms with van der Waals surface area (Å²) in [6, 6.07) is 0. The van der Waals surface area contributed by atoms with Gasteiger partial charge in [-0.15, -0.1) is 0 Å². The molecule has 1 aromatic rings. The Bertz CT molecular complexity index is 270. The first kappa shape index (κ1) is 12.2. The molecule has 1 heterocycles. The minimum absolute atomic E-state index is 0.708. The molecule has 0 aliphatic carbocycles. The van der Waals surface area contributed by atoms with E-state index in [2.05, 4.69) is 25.1 Å². The van der Waals surface area contributed by atoms with Gasteiger partial charge >= 0.3 is 0 Å². The average molecular weight is 210 g/mol. The van der Waals surface area contributed by atoms with Crippen LogP contribution in [0, 0.1) is 5.92 Å². The summed E-state index contributed by atoms with van der Waals surface area (Å²) in [5, 5.41) is 4.32. The topological polar surface area (TPSA) is 27.1 Å². The summed E-state index contributed by atoms with van der Waals surface area (Å²) >= 11 is 0. The van der Waals surface area contributed by atoms with E-state index in [1.165, 1.54) is 12.0 Å². The number of aryl methyl sites for hydroxylation is 2. The summed E-state index contributed by atoms with van der Waals surface area (Å²) in [5.41, 5.74) is 1.32. The summed E-state index contributed by atoms with van der Waals surface area (Å²) in [6.07, 6.45) is 7.48. The highest BCUT2D eigenvalue weighted by atomic mass is 16.5. The maximum absolute atomic E-state index is 5.06. The van der Waals surface area contributed by atoms with Gasteiger partial charge in [-0.2, -0.15) is 5.10 Å². The molecule has 0 aliphatic heterocycles. The molecule has 0 bridgehead atoms. The molecule has 0 aromatic carbocycles. The SMILES string of the molecule is CCc1cnn(CCC(C)CCOC)c1. The fraction of sp³-hybridized carbons (Fsp3) is 0.750. The van der Waals surface area contributed by atoms with E-state index in [9.17, 15) is 0 Å². The molecule has 1 rings (SSSR count). The van der Waals surface area contributed by atoms with Crippen molar-refractivity contribution in [3.63, 3.8) is 0 Å². The Balaban J connectivity index is 2.24. The van der Waals surface area contributed by atoms with Crippen molar-refractivity contribution in [2.24, 2.45) is 5.92 Å². The van der Waals surface area contributed by atoms with E-state index in [1.807, 2.05) is 10.9 Å². The summed E-state index contributed by atoms with van der Waals surface area (Å²) in [7, 11) is 1.76. The highest BCUT2D eigenvalue weighted by molar-refractivity contribution is 5.02. The zero-order valence-corrected chi connectivity index (χ0v) is 10.1. The number of nitrogens with zero attached hydrogens (tertiary/aromatic N) is 2. The normalized spacial score (nSPS) is 13.0. The van der Waals surface area contributed by atoms with Crippen LogP contribution in [-0.2, 0) is 17.7 Å². The Morgan fingerprint density at radius 2 is 2.27 bits per heavy atom.